The molecule has 0 aliphatic heterocycles. The minimum atomic E-state index is -0.708. The highest BCUT2D eigenvalue weighted by Gasteiger charge is 2.13. The molecule has 6 nitrogen and oxygen atoms in total. The minimum absolute atomic E-state index is 0.0767. The zero-order valence-electron chi connectivity index (χ0n) is 11.3. The fourth-order valence-electron chi connectivity index (χ4n) is 1.66. The first-order chi connectivity index (χ1) is 10.4. The quantitative estimate of drug-likeness (QED) is 0.438. The minimum Gasteiger partial charge on any atom is -0.504 e. The van der Waals surface area contributed by atoms with E-state index in [0.717, 1.165) is 12.1 Å². The van der Waals surface area contributed by atoms with Crippen molar-refractivity contribution in [3.05, 3.63) is 59.9 Å². The van der Waals surface area contributed by atoms with Crippen LogP contribution in [0.2, 0.25) is 0 Å². The Morgan fingerprint density at radius 2 is 1.50 bits per heavy atom. The average Bonchev–Trinajstić information content (AvgIpc) is 2.50. The van der Waals surface area contributed by atoms with Crippen molar-refractivity contribution < 1.29 is 24.5 Å². The number of benzene rings is 2. The van der Waals surface area contributed by atoms with Crippen LogP contribution in [0.25, 0.3) is 5.70 Å². The Bertz CT molecular complexity index is 706. The summed E-state index contributed by atoms with van der Waals surface area (Å²) in [5, 5.41) is 27.9. The van der Waals surface area contributed by atoms with Gasteiger partial charge in [-0.3, -0.25) is 15.6 Å². The van der Waals surface area contributed by atoms with Crippen LogP contribution in [0.1, 0.15) is 15.9 Å². The number of hydrazine groups is 1. The number of nitrogens with one attached hydrogen (secondary N) is 2. The van der Waals surface area contributed by atoms with Gasteiger partial charge in [0.15, 0.2) is 17.2 Å². The topological polar surface area (TPSA) is 102 Å². The standard InChI is InChI=1S/C15H13FN2O4/c1-8(9-2-4-11(16)5-3-9)17-18-15(22)10-6-12(19)14(21)13(20)7-10/h2-7,17,19-21H,1H2,(H,18,22). The number of carbonyl (C=O) groups is 1. The SMILES string of the molecule is C=C(NNC(=O)c1cc(O)c(O)c(O)c1)c1ccc(F)cc1. The van der Waals surface area contributed by atoms with E-state index in [4.69, 9.17) is 0 Å². The number of hydrogen-bond donors (Lipinski definition) is 5. The van der Waals surface area contributed by atoms with Gasteiger partial charge in [0, 0.05) is 5.56 Å². The molecule has 0 aliphatic carbocycles. The maximum absolute atomic E-state index is 12.8. The maximum atomic E-state index is 12.8. The highest BCUT2D eigenvalue weighted by atomic mass is 19.1. The van der Waals surface area contributed by atoms with E-state index in [-0.39, 0.29) is 5.56 Å². The van der Waals surface area contributed by atoms with Gasteiger partial charge in [0.1, 0.15) is 5.82 Å². The van der Waals surface area contributed by atoms with Gasteiger partial charge in [-0.2, -0.15) is 0 Å². The molecule has 22 heavy (non-hydrogen) atoms. The first-order valence-electron chi connectivity index (χ1n) is 6.14. The van der Waals surface area contributed by atoms with Crippen LogP contribution in [0.5, 0.6) is 17.2 Å². The molecule has 0 aromatic heterocycles. The third-order valence-corrected chi connectivity index (χ3v) is 2.85. The van der Waals surface area contributed by atoms with Gasteiger partial charge in [0.05, 0.1) is 5.70 Å². The molecule has 2 rings (SSSR count). The highest BCUT2D eigenvalue weighted by molar-refractivity contribution is 5.95. The van der Waals surface area contributed by atoms with Crippen LogP contribution in [0.3, 0.4) is 0 Å². The molecule has 0 fully saturated rings. The molecular formula is C15H13FN2O4. The number of rotatable bonds is 4. The van der Waals surface area contributed by atoms with E-state index in [2.05, 4.69) is 17.4 Å². The second-order valence-corrected chi connectivity index (χ2v) is 4.43. The summed E-state index contributed by atoms with van der Waals surface area (Å²) in [5.41, 5.74) is 5.64. The van der Waals surface area contributed by atoms with E-state index < -0.39 is 29.0 Å². The van der Waals surface area contributed by atoms with Crippen molar-refractivity contribution in [2.45, 2.75) is 0 Å². The average molecular weight is 304 g/mol. The van der Waals surface area contributed by atoms with Crippen molar-refractivity contribution in [2.75, 3.05) is 0 Å². The van der Waals surface area contributed by atoms with Gasteiger partial charge in [0.25, 0.3) is 5.91 Å². The first kappa shape index (κ1) is 15.2. The summed E-state index contributed by atoms with van der Waals surface area (Å²) in [6, 6.07) is 7.45. The number of amides is 1. The lowest BCUT2D eigenvalue weighted by molar-refractivity contribution is 0.0941. The maximum Gasteiger partial charge on any atom is 0.269 e. The molecular weight excluding hydrogens is 291 g/mol. The van der Waals surface area contributed by atoms with E-state index >= 15 is 0 Å². The predicted octanol–water partition coefficient (Wildman–Crippen LogP) is 1.85. The lowest BCUT2D eigenvalue weighted by atomic mass is 10.1. The summed E-state index contributed by atoms with van der Waals surface area (Å²) in [6.07, 6.45) is 0. The van der Waals surface area contributed by atoms with Crippen LogP contribution in [0.15, 0.2) is 43.0 Å². The van der Waals surface area contributed by atoms with Crippen molar-refractivity contribution in [3.8, 4) is 17.2 Å². The van der Waals surface area contributed by atoms with Gasteiger partial charge in [-0.1, -0.05) is 6.58 Å². The van der Waals surface area contributed by atoms with Crippen LogP contribution in [0, 0.1) is 5.82 Å². The number of aromatic hydroxyl groups is 3. The van der Waals surface area contributed by atoms with Crippen molar-refractivity contribution >= 4 is 11.6 Å². The van der Waals surface area contributed by atoms with E-state index in [1.165, 1.54) is 24.3 Å². The molecule has 0 bridgehead atoms. The first-order valence-corrected chi connectivity index (χ1v) is 6.14. The zero-order chi connectivity index (χ0) is 16.3. The predicted molar refractivity (Wildman–Crippen MR) is 77.5 cm³/mol. The number of phenols is 3. The molecule has 0 unspecified atom stereocenters. The molecule has 0 saturated heterocycles. The Labute approximate surface area is 125 Å². The van der Waals surface area contributed by atoms with Gasteiger partial charge in [-0.15, -0.1) is 0 Å². The molecule has 7 heteroatoms. The largest absolute Gasteiger partial charge is 0.504 e. The molecule has 5 N–H and O–H groups in total. The van der Waals surface area contributed by atoms with Gasteiger partial charge >= 0.3 is 0 Å². The molecule has 114 valence electrons. The molecule has 0 aliphatic rings. The summed E-state index contributed by atoms with van der Waals surface area (Å²) < 4.78 is 12.8. The monoisotopic (exact) mass is 304 g/mol. The molecule has 0 heterocycles. The van der Waals surface area contributed by atoms with E-state index in [0.29, 0.717) is 11.3 Å². The highest BCUT2D eigenvalue weighted by Crippen LogP contribution is 2.35. The Morgan fingerprint density at radius 3 is 2.05 bits per heavy atom. The van der Waals surface area contributed by atoms with Crippen LogP contribution in [0.4, 0.5) is 4.39 Å². The van der Waals surface area contributed by atoms with Crippen LogP contribution in [-0.2, 0) is 0 Å². The lowest BCUT2D eigenvalue weighted by Crippen LogP contribution is -2.35. The number of hydrogen-bond acceptors (Lipinski definition) is 5. The second-order valence-electron chi connectivity index (χ2n) is 4.43. The summed E-state index contributed by atoms with van der Waals surface area (Å²) in [5.74, 6) is -3.02. The summed E-state index contributed by atoms with van der Waals surface area (Å²) in [4.78, 5) is 11.9. The fourth-order valence-corrected chi connectivity index (χ4v) is 1.66. The van der Waals surface area contributed by atoms with Crippen molar-refractivity contribution in [2.24, 2.45) is 0 Å². The molecule has 0 saturated carbocycles. The molecule has 0 spiro atoms. The van der Waals surface area contributed by atoms with E-state index in [1.54, 1.807) is 0 Å². The Hall–Kier alpha value is -3.22. The van der Waals surface area contributed by atoms with Crippen LogP contribution < -0.4 is 10.9 Å². The normalized spacial score (nSPS) is 10.0. The third kappa shape index (κ3) is 3.26. The van der Waals surface area contributed by atoms with Gasteiger partial charge in [-0.25, -0.2) is 4.39 Å². The molecule has 2 aromatic carbocycles. The molecule has 1 amide bonds. The van der Waals surface area contributed by atoms with E-state index in [9.17, 15) is 24.5 Å². The van der Waals surface area contributed by atoms with Crippen LogP contribution >= 0.6 is 0 Å². The Morgan fingerprint density at radius 1 is 0.955 bits per heavy atom. The summed E-state index contributed by atoms with van der Waals surface area (Å²) in [6.45, 7) is 3.68. The van der Waals surface area contributed by atoms with Gasteiger partial charge in [-0.05, 0) is 42.0 Å². The molecule has 0 radical (unpaired) electrons. The molecule has 0 atom stereocenters. The van der Waals surface area contributed by atoms with Crippen molar-refractivity contribution in [1.29, 1.82) is 0 Å². The Kier molecular flexibility index (Phi) is 4.17. The van der Waals surface area contributed by atoms with E-state index in [1.807, 2.05) is 0 Å². The van der Waals surface area contributed by atoms with Gasteiger partial charge < -0.3 is 15.3 Å². The van der Waals surface area contributed by atoms with Crippen LogP contribution in [-0.4, -0.2) is 21.2 Å². The number of carbonyl (C=O) groups excluding carboxylic acids is 1. The van der Waals surface area contributed by atoms with Crippen molar-refractivity contribution in [1.82, 2.24) is 10.9 Å². The lowest BCUT2D eigenvalue weighted by Gasteiger charge is -2.12. The van der Waals surface area contributed by atoms with Gasteiger partial charge in [0.2, 0.25) is 0 Å². The third-order valence-electron chi connectivity index (χ3n) is 2.85. The number of halogens is 1. The summed E-state index contributed by atoms with van der Waals surface area (Å²) >= 11 is 0. The fraction of sp³-hybridized carbons (Fsp3) is 0. The number of phenolic OH excluding ortho intramolecular Hbond substituents is 3. The second kappa shape index (κ2) is 6.04. The van der Waals surface area contributed by atoms with Crippen molar-refractivity contribution in [3.63, 3.8) is 0 Å². The Balaban J connectivity index is 2.04. The zero-order valence-corrected chi connectivity index (χ0v) is 11.3. The summed E-state index contributed by atoms with van der Waals surface area (Å²) in [7, 11) is 0. The molecule has 2 aromatic rings. The smallest absolute Gasteiger partial charge is 0.269 e.